The Bertz CT molecular complexity index is 352. The molecular weight excluding hydrogens is 228 g/mol. The lowest BCUT2D eigenvalue weighted by molar-refractivity contribution is -0.160. The smallest absolute Gasteiger partial charge is 0.115 e. The molecule has 1 saturated heterocycles. The van der Waals surface area contributed by atoms with Crippen LogP contribution in [0.5, 0.6) is 0 Å². The number of epoxide rings is 1. The van der Waals surface area contributed by atoms with Gasteiger partial charge < -0.3 is 14.9 Å². The first-order valence-electron chi connectivity index (χ1n) is 7.34. The summed E-state index contributed by atoms with van der Waals surface area (Å²) in [7, 11) is 0. The minimum Gasteiger partial charge on any atom is -0.390 e. The lowest BCUT2D eigenvalue weighted by atomic mass is 9.51. The molecule has 104 valence electrons. The highest BCUT2D eigenvalue weighted by molar-refractivity contribution is 5.18. The highest BCUT2D eigenvalue weighted by Gasteiger charge is 2.70. The Kier molecular flexibility index (Phi) is 2.66. The van der Waals surface area contributed by atoms with E-state index in [-0.39, 0.29) is 23.5 Å². The molecule has 18 heavy (non-hydrogen) atoms. The highest BCUT2D eigenvalue weighted by atomic mass is 16.6. The van der Waals surface area contributed by atoms with Crippen molar-refractivity contribution in [3.8, 4) is 0 Å². The summed E-state index contributed by atoms with van der Waals surface area (Å²) in [6.07, 6.45) is 2.51. The van der Waals surface area contributed by atoms with E-state index in [4.69, 9.17) is 4.74 Å². The molecule has 7 atom stereocenters. The van der Waals surface area contributed by atoms with E-state index in [9.17, 15) is 10.2 Å². The number of ether oxygens (including phenoxy) is 1. The normalized spacial score (nSPS) is 59.2. The SMILES string of the molecule is CC(C)[C@@H]1CC[C@@]2(C)[C@H](O)C3O[C@@H]3[C@](C)(O)[C@H]2C1. The molecule has 3 fully saturated rings. The van der Waals surface area contributed by atoms with E-state index in [1.807, 2.05) is 6.92 Å². The van der Waals surface area contributed by atoms with Crippen LogP contribution in [-0.2, 0) is 4.74 Å². The number of aliphatic hydroxyl groups excluding tert-OH is 1. The van der Waals surface area contributed by atoms with Crippen molar-refractivity contribution < 1.29 is 14.9 Å². The third-order valence-corrected chi connectivity index (χ3v) is 6.12. The molecule has 0 aromatic carbocycles. The van der Waals surface area contributed by atoms with Gasteiger partial charge in [-0.1, -0.05) is 20.8 Å². The van der Waals surface area contributed by atoms with E-state index >= 15 is 0 Å². The fourth-order valence-electron chi connectivity index (χ4n) is 4.63. The molecule has 3 aliphatic rings. The minimum atomic E-state index is -0.772. The van der Waals surface area contributed by atoms with Gasteiger partial charge in [-0.15, -0.1) is 0 Å². The molecule has 2 saturated carbocycles. The zero-order valence-corrected chi connectivity index (χ0v) is 11.9. The van der Waals surface area contributed by atoms with E-state index in [0.29, 0.717) is 11.8 Å². The summed E-state index contributed by atoms with van der Waals surface area (Å²) in [5, 5.41) is 21.3. The van der Waals surface area contributed by atoms with Crippen molar-refractivity contribution in [1.82, 2.24) is 0 Å². The number of fused-ring (bicyclic) bond motifs is 2. The van der Waals surface area contributed by atoms with Gasteiger partial charge in [-0.2, -0.15) is 0 Å². The van der Waals surface area contributed by atoms with Crippen LogP contribution < -0.4 is 0 Å². The molecule has 3 heteroatoms. The fraction of sp³-hybridized carbons (Fsp3) is 1.00. The Morgan fingerprint density at radius 1 is 1.28 bits per heavy atom. The predicted octanol–water partition coefficient (Wildman–Crippen LogP) is 1.96. The minimum absolute atomic E-state index is 0.128. The largest absolute Gasteiger partial charge is 0.390 e. The monoisotopic (exact) mass is 254 g/mol. The molecule has 0 amide bonds. The maximum Gasteiger partial charge on any atom is 0.115 e. The molecule has 1 aliphatic heterocycles. The van der Waals surface area contributed by atoms with Gasteiger partial charge in [0.2, 0.25) is 0 Å². The first kappa shape index (κ1) is 12.9. The average molecular weight is 254 g/mol. The van der Waals surface area contributed by atoms with Gasteiger partial charge in [0.05, 0.1) is 11.7 Å². The molecule has 1 heterocycles. The molecule has 3 rings (SSSR count). The van der Waals surface area contributed by atoms with Gasteiger partial charge in [-0.25, -0.2) is 0 Å². The zero-order valence-electron chi connectivity index (χ0n) is 11.9. The number of rotatable bonds is 1. The first-order valence-corrected chi connectivity index (χ1v) is 7.34. The van der Waals surface area contributed by atoms with Crippen molar-refractivity contribution in [1.29, 1.82) is 0 Å². The second kappa shape index (κ2) is 3.71. The zero-order chi connectivity index (χ0) is 13.3. The van der Waals surface area contributed by atoms with Crippen LogP contribution in [0.3, 0.4) is 0 Å². The number of hydrogen-bond acceptors (Lipinski definition) is 3. The molecule has 0 aromatic rings. The topological polar surface area (TPSA) is 53.0 Å². The van der Waals surface area contributed by atoms with Crippen LogP contribution in [0.2, 0.25) is 0 Å². The Balaban J connectivity index is 1.91. The fourth-order valence-corrected chi connectivity index (χ4v) is 4.63. The molecule has 0 aromatic heterocycles. The van der Waals surface area contributed by atoms with Crippen molar-refractivity contribution in [2.24, 2.45) is 23.2 Å². The van der Waals surface area contributed by atoms with Crippen molar-refractivity contribution in [2.45, 2.75) is 70.9 Å². The molecular formula is C15H26O3. The quantitative estimate of drug-likeness (QED) is 0.703. The van der Waals surface area contributed by atoms with Crippen molar-refractivity contribution in [3.63, 3.8) is 0 Å². The summed E-state index contributed by atoms with van der Waals surface area (Å²) >= 11 is 0. The van der Waals surface area contributed by atoms with Crippen LogP contribution in [0, 0.1) is 23.2 Å². The van der Waals surface area contributed by atoms with E-state index in [1.54, 1.807) is 0 Å². The van der Waals surface area contributed by atoms with Crippen LogP contribution in [0.4, 0.5) is 0 Å². The van der Waals surface area contributed by atoms with Crippen LogP contribution >= 0.6 is 0 Å². The molecule has 0 radical (unpaired) electrons. The van der Waals surface area contributed by atoms with Crippen LogP contribution in [0.25, 0.3) is 0 Å². The highest BCUT2D eigenvalue weighted by Crippen LogP contribution is 2.61. The Hall–Kier alpha value is -0.120. The number of hydrogen-bond donors (Lipinski definition) is 2. The second-order valence-corrected chi connectivity index (χ2v) is 7.53. The van der Waals surface area contributed by atoms with Crippen LogP contribution in [-0.4, -0.2) is 34.1 Å². The van der Waals surface area contributed by atoms with E-state index < -0.39 is 11.7 Å². The number of aliphatic hydroxyl groups is 2. The van der Waals surface area contributed by atoms with Crippen molar-refractivity contribution in [2.75, 3.05) is 0 Å². The molecule has 2 aliphatic carbocycles. The van der Waals surface area contributed by atoms with Crippen molar-refractivity contribution in [3.05, 3.63) is 0 Å². The molecule has 0 spiro atoms. The summed E-state index contributed by atoms with van der Waals surface area (Å²) in [6.45, 7) is 8.58. The van der Waals surface area contributed by atoms with E-state index in [0.717, 1.165) is 19.3 Å². The summed E-state index contributed by atoms with van der Waals surface area (Å²) in [5.74, 6) is 1.47. The van der Waals surface area contributed by atoms with Gasteiger partial charge in [0.15, 0.2) is 0 Å². The predicted molar refractivity (Wildman–Crippen MR) is 69.1 cm³/mol. The van der Waals surface area contributed by atoms with Crippen molar-refractivity contribution >= 4 is 0 Å². The third-order valence-electron chi connectivity index (χ3n) is 6.12. The van der Waals surface area contributed by atoms with Gasteiger partial charge in [0, 0.05) is 5.41 Å². The van der Waals surface area contributed by atoms with Gasteiger partial charge >= 0.3 is 0 Å². The maximum absolute atomic E-state index is 10.8. The van der Waals surface area contributed by atoms with E-state index in [1.165, 1.54) is 0 Å². The van der Waals surface area contributed by atoms with E-state index in [2.05, 4.69) is 20.8 Å². The summed E-state index contributed by atoms with van der Waals surface area (Å²) in [4.78, 5) is 0. The van der Waals surface area contributed by atoms with Crippen LogP contribution in [0.15, 0.2) is 0 Å². The molecule has 1 unspecified atom stereocenters. The summed E-state index contributed by atoms with van der Waals surface area (Å²) < 4.78 is 5.56. The van der Waals surface area contributed by atoms with Gasteiger partial charge in [0.1, 0.15) is 12.2 Å². The Morgan fingerprint density at radius 3 is 2.56 bits per heavy atom. The first-order chi connectivity index (χ1) is 8.28. The lowest BCUT2D eigenvalue weighted by Gasteiger charge is -2.55. The average Bonchev–Trinajstić information content (AvgIpc) is 3.07. The van der Waals surface area contributed by atoms with Gasteiger partial charge in [0.25, 0.3) is 0 Å². The summed E-state index contributed by atoms with van der Waals surface area (Å²) in [6, 6.07) is 0. The third kappa shape index (κ3) is 1.53. The molecule has 3 nitrogen and oxygen atoms in total. The molecule has 2 N–H and O–H groups in total. The second-order valence-electron chi connectivity index (χ2n) is 7.53. The molecule has 0 bridgehead atoms. The van der Waals surface area contributed by atoms with Crippen LogP contribution in [0.1, 0.15) is 47.0 Å². The van der Waals surface area contributed by atoms with Gasteiger partial charge in [-0.3, -0.25) is 0 Å². The lowest BCUT2D eigenvalue weighted by Crippen LogP contribution is -2.61. The van der Waals surface area contributed by atoms with Gasteiger partial charge in [-0.05, 0) is 43.9 Å². The standard InChI is InChI=1S/C15H26O3/c1-8(2)9-5-6-14(3)10(7-9)15(4,17)13-11(18-13)12(14)16/h8-13,16-17H,5-7H2,1-4H3/t9-,10+,11?,12-,13+,14-,15-/m1/s1. The Morgan fingerprint density at radius 2 is 1.94 bits per heavy atom. The maximum atomic E-state index is 10.8. The Labute approximate surface area is 110 Å². The summed E-state index contributed by atoms with van der Waals surface area (Å²) in [5.41, 5.74) is -0.946.